The molecule has 0 unspecified atom stereocenters. The van der Waals surface area contributed by atoms with Crippen molar-refractivity contribution in [3.8, 4) is 0 Å². The first-order valence-corrected chi connectivity index (χ1v) is 8.48. The number of imidazole rings is 1. The molecule has 3 rings (SSSR count). The number of anilines is 2. The summed E-state index contributed by atoms with van der Waals surface area (Å²) in [5.74, 6) is 0. The van der Waals surface area contributed by atoms with Gasteiger partial charge in [0.15, 0.2) is 5.03 Å². The number of rotatable bonds is 4. The quantitative estimate of drug-likeness (QED) is 0.906. The maximum atomic E-state index is 12.3. The van der Waals surface area contributed by atoms with E-state index in [1.807, 2.05) is 19.1 Å². The second-order valence-corrected chi connectivity index (χ2v) is 6.68. The Kier molecular flexibility index (Phi) is 3.59. The molecule has 7 heteroatoms. The van der Waals surface area contributed by atoms with Gasteiger partial charge in [-0.3, -0.25) is 4.72 Å². The zero-order valence-corrected chi connectivity index (χ0v) is 12.7. The number of hydrogen-bond acceptors (Lipinski definition) is 4. The van der Waals surface area contributed by atoms with Crippen LogP contribution in [0.2, 0.25) is 0 Å². The predicted octanol–water partition coefficient (Wildman–Crippen LogP) is 2.06. The summed E-state index contributed by atoms with van der Waals surface area (Å²) in [6.45, 7) is 3.54. The van der Waals surface area contributed by atoms with E-state index in [2.05, 4.69) is 15.0 Å². The fourth-order valence-electron chi connectivity index (χ4n) is 2.38. The lowest BCUT2D eigenvalue weighted by molar-refractivity contribution is 0.598. The van der Waals surface area contributed by atoms with Gasteiger partial charge in [-0.2, -0.15) is 8.42 Å². The van der Waals surface area contributed by atoms with Crippen LogP contribution in [-0.4, -0.2) is 24.5 Å². The van der Waals surface area contributed by atoms with Gasteiger partial charge in [-0.25, -0.2) is 4.98 Å². The first-order chi connectivity index (χ1) is 10.1. The highest BCUT2D eigenvalue weighted by molar-refractivity contribution is 7.92. The lowest BCUT2D eigenvalue weighted by atomic mass is 10.0. The SMILES string of the molecule is CCn1cnc(S(=O)(=O)Nc2ccc3c(c2)NCCC3)c1. The fraction of sp³-hybridized carbons (Fsp3) is 0.357. The van der Waals surface area contributed by atoms with Gasteiger partial charge in [-0.15, -0.1) is 0 Å². The molecule has 0 saturated carbocycles. The minimum absolute atomic E-state index is 0.0371. The summed E-state index contributed by atoms with van der Waals surface area (Å²) >= 11 is 0. The van der Waals surface area contributed by atoms with Crippen molar-refractivity contribution in [2.45, 2.75) is 31.3 Å². The molecule has 0 saturated heterocycles. The monoisotopic (exact) mass is 306 g/mol. The molecule has 112 valence electrons. The first kappa shape index (κ1) is 13.9. The lowest BCUT2D eigenvalue weighted by Crippen LogP contribution is -2.15. The maximum absolute atomic E-state index is 12.3. The molecule has 0 radical (unpaired) electrons. The smallest absolute Gasteiger partial charge is 0.280 e. The summed E-state index contributed by atoms with van der Waals surface area (Å²) in [7, 11) is -3.64. The molecule has 0 atom stereocenters. The van der Waals surface area contributed by atoms with E-state index >= 15 is 0 Å². The van der Waals surface area contributed by atoms with Crippen LogP contribution in [0, 0.1) is 0 Å². The minimum Gasteiger partial charge on any atom is -0.385 e. The largest absolute Gasteiger partial charge is 0.385 e. The zero-order valence-electron chi connectivity index (χ0n) is 11.8. The summed E-state index contributed by atoms with van der Waals surface area (Å²) in [6, 6.07) is 5.59. The number of nitrogens with one attached hydrogen (secondary N) is 2. The molecule has 0 spiro atoms. The van der Waals surface area contributed by atoms with E-state index in [4.69, 9.17) is 0 Å². The van der Waals surface area contributed by atoms with E-state index in [1.54, 1.807) is 10.6 Å². The van der Waals surface area contributed by atoms with Crippen molar-refractivity contribution in [2.24, 2.45) is 0 Å². The molecule has 1 aliphatic heterocycles. The lowest BCUT2D eigenvalue weighted by Gasteiger charge is -2.18. The van der Waals surface area contributed by atoms with E-state index in [0.29, 0.717) is 12.2 Å². The number of benzene rings is 1. The second-order valence-electron chi connectivity index (χ2n) is 5.05. The number of aryl methyl sites for hydroxylation is 2. The van der Waals surface area contributed by atoms with Gasteiger partial charge in [-0.1, -0.05) is 6.07 Å². The summed E-state index contributed by atoms with van der Waals surface area (Å²) in [5, 5.41) is 3.32. The molecule has 2 heterocycles. The molecule has 1 aromatic carbocycles. The Hall–Kier alpha value is -2.02. The van der Waals surface area contributed by atoms with Gasteiger partial charge in [0.2, 0.25) is 0 Å². The molecule has 0 amide bonds. The Balaban J connectivity index is 1.85. The van der Waals surface area contributed by atoms with Crippen LogP contribution < -0.4 is 10.0 Å². The van der Waals surface area contributed by atoms with E-state index in [-0.39, 0.29) is 5.03 Å². The molecule has 21 heavy (non-hydrogen) atoms. The number of aromatic nitrogens is 2. The summed E-state index contributed by atoms with van der Waals surface area (Å²) in [5.41, 5.74) is 2.77. The molecule has 6 nitrogen and oxygen atoms in total. The highest BCUT2D eigenvalue weighted by Crippen LogP contribution is 2.26. The predicted molar refractivity (Wildman–Crippen MR) is 82.0 cm³/mol. The Bertz CT molecular complexity index is 752. The van der Waals surface area contributed by atoms with Gasteiger partial charge in [0.05, 0.1) is 12.0 Å². The highest BCUT2D eigenvalue weighted by atomic mass is 32.2. The maximum Gasteiger partial charge on any atom is 0.280 e. The van der Waals surface area contributed by atoms with Crippen LogP contribution in [0.25, 0.3) is 0 Å². The second kappa shape index (κ2) is 5.40. The van der Waals surface area contributed by atoms with Crippen LogP contribution in [0.4, 0.5) is 11.4 Å². The van der Waals surface area contributed by atoms with E-state index < -0.39 is 10.0 Å². The van der Waals surface area contributed by atoms with Crippen molar-refractivity contribution >= 4 is 21.4 Å². The fourth-order valence-corrected chi connectivity index (χ4v) is 3.39. The van der Waals surface area contributed by atoms with E-state index in [0.717, 1.165) is 25.1 Å². The average Bonchev–Trinajstić information content (AvgIpc) is 2.96. The van der Waals surface area contributed by atoms with Gasteiger partial charge in [-0.05, 0) is 37.5 Å². The van der Waals surface area contributed by atoms with Crippen LogP contribution in [0.3, 0.4) is 0 Å². The van der Waals surface area contributed by atoms with Gasteiger partial charge >= 0.3 is 0 Å². The molecule has 1 aliphatic rings. The molecule has 0 fully saturated rings. The van der Waals surface area contributed by atoms with Crippen molar-refractivity contribution in [3.63, 3.8) is 0 Å². The van der Waals surface area contributed by atoms with Crippen LogP contribution in [0.15, 0.2) is 35.7 Å². The number of hydrogen-bond donors (Lipinski definition) is 2. The van der Waals surface area contributed by atoms with Gasteiger partial charge < -0.3 is 9.88 Å². The number of sulfonamides is 1. The zero-order chi connectivity index (χ0) is 14.9. The third-order valence-corrected chi connectivity index (χ3v) is 4.82. The third kappa shape index (κ3) is 2.87. The van der Waals surface area contributed by atoms with Crippen molar-refractivity contribution in [2.75, 3.05) is 16.6 Å². The van der Waals surface area contributed by atoms with Crippen LogP contribution in [0.1, 0.15) is 18.9 Å². The number of nitrogens with zero attached hydrogens (tertiary/aromatic N) is 2. The molecular weight excluding hydrogens is 288 g/mol. The standard InChI is InChI=1S/C14H18N4O2S/c1-2-18-9-14(16-10-18)21(19,20)17-12-6-5-11-4-3-7-15-13(11)8-12/h5-6,8-10,15,17H,2-4,7H2,1H3. The van der Waals surface area contributed by atoms with E-state index in [1.165, 1.54) is 18.1 Å². The highest BCUT2D eigenvalue weighted by Gasteiger charge is 2.18. The van der Waals surface area contributed by atoms with Crippen molar-refractivity contribution < 1.29 is 8.42 Å². The van der Waals surface area contributed by atoms with Crippen LogP contribution >= 0.6 is 0 Å². The Morgan fingerprint density at radius 3 is 3.05 bits per heavy atom. The van der Waals surface area contributed by atoms with Crippen molar-refractivity contribution in [1.82, 2.24) is 9.55 Å². The number of fused-ring (bicyclic) bond motifs is 1. The van der Waals surface area contributed by atoms with Gasteiger partial charge in [0, 0.05) is 25.0 Å². The van der Waals surface area contributed by atoms with Gasteiger partial charge in [0.1, 0.15) is 0 Å². The molecule has 0 aliphatic carbocycles. The summed E-state index contributed by atoms with van der Waals surface area (Å²) in [6.07, 6.45) is 5.17. The third-order valence-electron chi connectivity index (χ3n) is 3.55. The minimum atomic E-state index is -3.64. The van der Waals surface area contributed by atoms with Crippen LogP contribution in [0.5, 0.6) is 0 Å². The Morgan fingerprint density at radius 2 is 2.29 bits per heavy atom. The molecule has 1 aromatic heterocycles. The van der Waals surface area contributed by atoms with Crippen molar-refractivity contribution in [1.29, 1.82) is 0 Å². The van der Waals surface area contributed by atoms with Crippen molar-refractivity contribution in [3.05, 3.63) is 36.3 Å². The summed E-state index contributed by atoms with van der Waals surface area (Å²) < 4.78 is 28.9. The Morgan fingerprint density at radius 1 is 1.43 bits per heavy atom. The topological polar surface area (TPSA) is 76.0 Å². The van der Waals surface area contributed by atoms with Crippen LogP contribution in [-0.2, 0) is 23.0 Å². The Labute approximate surface area is 124 Å². The summed E-state index contributed by atoms with van der Waals surface area (Å²) in [4.78, 5) is 3.94. The average molecular weight is 306 g/mol. The molecular formula is C14H18N4O2S. The molecule has 0 bridgehead atoms. The normalized spacial score (nSPS) is 14.3. The van der Waals surface area contributed by atoms with E-state index in [9.17, 15) is 8.42 Å². The first-order valence-electron chi connectivity index (χ1n) is 7.00. The van der Waals surface area contributed by atoms with Gasteiger partial charge in [0.25, 0.3) is 10.0 Å². The molecule has 2 aromatic rings. The molecule has 2 N–H and O–H groups in total.